The van der Waals surface area contributed by atoms with E-state index in [2.05, 4.69) is 0 Å². The van der Waals surface area contributed by atoms with Gasteiger partial charge < -0.3 is 9.30 Å². The van der Waals surface area contributed by atoms with Crippen molar-refractivity contribution in [2.24, 2.45) is 7.05 Å². The van der Waals surface area contributed by atoms with Crippen molar-refractivity contribution in [3.63, 3.8) is 0 Å². The zero-order valence-electron chi connectivity index (χ0n) is 19.7. The van der Waals surface area contributed by atoms with Crippen LogP contribution in [0.25, 0.3) is 0 Å². The number of nitrogens with zero attached hydrogens (tertiary/aromatic N) is 2. The van der Waals surface area contributed by atoms with Gasteiger partial charge in [0.1, 0.15) is 11.5 Å². The number of esters is 1. The number of carbonyl (C=O) groups excluding carboxylic acids is 2. The van der Waals surface area contributed by atoms with E-state index in [1.807, 2.05) is 0 Å². The normalized spacial score (nSPS) is 12.6. The highest BCUT2D eigenvalue weighted by Crippen LogP contribution is 2.28. The second-order valence-corrected chi connectivity index (χ2v) is 9.91. The minimum Gasteiger partial charge on any atom is -0.464 e. The predicted molar refractivity (Wildman–Crippen MR) is 126 cm³/mol. The molecule has 0 saturated heterocycles. The average Bonchev–Trinajstić information content (AvgIpc) is 3.05. The molecule has 2 aromatic carbocycles. The molecule has 0 aliphatic heterocycles. The second-order valence-electron chi connectivity index (χ2n) is 8.01. The summed E-state index contributed by atoms with van der Waals surface area (Å²) in [5.74, 6) is -1.49. The highest BCUT2D eigenvalue weighted by molar-refractivity contribution is 7.89. The van der Waals surface area contributed by atoms with Gasteiger partial charge in [0.05, 0.1) is 18.0 Å². The van der Waals surface area contributed by atoms with Gasteiger partial charge in [0.25, 0.3) is 0 Å². The number of halogens is 1. The first-order valence-corrected chi connectivity index (χ1v) is 12.0. The molecule has 0 bridgehead atoms. The Hall–Kier alpha value is -3.30. The third-order valence-electron chi connectivity index (χ3n) is 5.97. The van der Waals surface area contributed by atoms with Crippen molar-refractivity contribution in [2.75, 3.05) is 7.11 Å². The minimum absolute atomic E-state index is 0.0357. The molecule has 1 heterocycles. The van der Waals surface area contributed by atoms with Crippen LogP contribution in [0.1, 0.15) is 44.6 Å². The van der Waals surface area contributed by atoms with Gasteiger partial charge in [-0.15, -0.1) is 0 Å². The van der Waals surface area contributed by atoms with Crippen molar-refractivity contribution >= 4 is 21.8 Å². The minimum atomic E-state index is -4.09. The lowest BCUT2D eigenvalue weighted by Gasteiger charge is -2.28. The Morgan fingerprint density at radius 1 is 1.06 bits per heavy atom. The van der Waals surface area contributed by atoms with Crippen molar-refractivity contribution in [3.8, 4) is 0 Å². The number of carbonyl (C=O) groups is 2. The van der Waals surface area contributed by atoms with Gasteiger partial charge in [-0.3, -0.25) is 4.79 Å². The van der Waals surface area contributed by atoms with E-state index in [1.54, 1.807) is 43.7 Å². The van der Waals surface area contributed by atoms with Gasteiger partial charge in [-0.1, -0.05) is 30.3 Å². The molecule has 1 atom stereocenters. The van der Waals surface area contributed by atoms with Crippen LogP contribution in [0.4, 0.5) is 4.39 Å². The number of benzene rings is 2. The first-order valence-electron chi connectivity index (χ1n) is 10.6. The molecule has 0 aliphatic rings. The number of hydrogen-bond donors (Lipinski definition) is 0. The zero-order valence-corrected chi connectivity index (χ0v) is 20.5. The second kappa shape index (κ2) is 9.90. The van der Waals surface area contributed by atoms with E-state index in [0.717, 1.165) is 4.31 Å². The lowest BCUT2D eigenvalue weighted by molar-refractivity contribution is 0.0588. The van der Waals surface area contributed by atoms with Gasteiger partial charge in [0.15, 0.2) is 5.78 Å². The Bertz CT molecular complexity index is 1320. The molecule has 34 heavy (non-hydrogen) atoms. The maximum Gasteiger partial charge on any atom is 0.354 e. The van der Waals surface area contributed by atoms with Crippen LogP contribution in [0.2, 0.25) is 0 Å². The summed E-state index contributed by atoms with van der Waals surface area (Å²) < 4.78 is 48.1. The SMILES string of the molecule is COC(=O)c1c(C)c(C(=O)C(C)N(Cc2ccc(F)cc2)S(=O)(=O)c2ccccc2)c(C)n1C. The third-order valence-corrected chi connectivity index (χ3v) is 7.90. The number of methoxy groups -OCH3 is 1. The van der Waals surface area contributed by atoms with Crippen LogP contribution in [0.5, 0.6) is 0 Å². The number of sulfonamides is 1. The number of ether oxygens (including phenoxy) is 1. The molecule has 0 amide bonds. The van der Waals surface area contributed by atoms with Crippen molar-refractivity contribution in [1.29, 1.82) is 0 Å². The van der Waals surface area contributed by atoms with Crippen LogP contribution >= 0.6 is 0 Å². The third kappa shape index (κ3) is 4.67. The van der Waals surface area contributed by atoms with Crippen molar-refractivity contribution in [1.82, 2.24) is 8.87 Å². The van der Waals surface area contributed by atoms with Gasteiger partial charge in [0.2, 0.25) is 10.0 Å². The van der Waals surface area contributed by atoms with E-state index in [1.165, 1.54) is 50.4 Å². The first-order chi connectivity index (χ1) is 16.0. The summed E-state index contributed by atoms with van der Waals surface area (Å²) in [7, 11) is -1.19. The number of ketones is 1. The fraction of sp³-hybridized carbons (Fsp3) is 0.280. The Balaban J connectivity index is 2.10. The van der Waals surface area contributed by atoms with Gasteiger partial charge in [-0.05, 0) is 56.2 Å². The van der Waals surface area contributed by atoms with Gasteiger partial charge in [-0.2, -0.15) is 4.31 Å². The molecule has 3 aromatic rings. The Morgan fingerprint density at radius 3 is 2.21 bits per heavy atom. The summed E-state index contributed by atoms with van der Waals surface area (Å²) in [6.07, 6.45) is 0. The van der Waals surface area contributed by atoms with Gasteiger partial charge in [0, 0.05) is 24.8 Å². The monoisotopic (exact) mass is 486 g/mol. The zero-order chi connectivity index (χ0) is 25.2. The molecule has 1 unspecified atom stereocenters. The van der Waals surface area contributed by atoms with E-state index >= 15 is 0 Å². The van der Waals surface area contributed by atoms with Crippen LogP contribution in [-0.4, -0.2) is 42.2 Å². The molecular weight excluding hydrogens is 459 g/mol. The Kier molecular flexibility index (Phi) is 7.38. The average molecular weight is 487 g/mol. The number of rotatable bonds is 8. The van der Waals surface area contributed by atoms with E-state index in [0.29, 0.717) is 16.8 Å². The maximum absolute atomic E-state index is 13.7. The summed E-state index contributed by atoms with van der Waals surface area (Å²) in [6, 6.07) is 12.1. The van der Waals surface area contributed by atoms with E-state index in [4.69, 9.17) is 4.74 Å². The van der Waals surface area contributed by atoms with Crippen molar-refractivity contribution in [2.45, 2.75) is 38.3 Å². The van der Waals surface area contributed by atoms with E-state index < -0.39 is 33.6 Å². The van der Waals surface area contributed by atoms with Crippen LogP contribution in [0.3, 0.4) is 0 Å². The Morgan fingerprint density at radius 2 is 1.65 bits per heavy atom. The number of Topliss-reactive ketones (excluding diaryl/α,β-unsaturated/α-hetero) is 1. The highest BCUT2D eigenvalue weighted by atomic mass is 32.2. The molecule has 0 spiro atoms. The lowest BCUT2D eigenvalue weighted by Crippen LogP contribution is -2.43. The lowest BCUT2D eigenvalue weighted by atomic mass is 10.0. The smallest absolute Gasteiger partial charge is 0.354 e. The predicted octanol–water partition coefficient (Wildman–Crippen LogP) is 4.03. The maximum atomic E-state index is 13.7. The summed E-state index contributed by atoms with van der Waals surface area (Å²) in [5.41, 5.74) is 1.96. The van der Waals surface area contributed by atoms with E-state index in [9.17, 15) is 22.4 Å². The van der Waals surface area contributed by atoms with Crippen LogP contribution < -0.4 is 0 Å². The molecule has 1 aromatic heterocycles. The molecule has 0 saturated carbocycles. The molecule has 0 fully saturated rings. The van der Waals surface area contributed by atoms with Gasteiger partial charge in [-0.25, -0.2) is 17.6 Å². The molecule has 0 radical (unpaired) electrons. The number of hydrogen-bond acceptors (Lipinski definition) is 5. The quantitative estimate of drug-likeness (QED) is 0.355. The topological polar surface area (TPSA) is 85.7 Å². The van der Waals surface area contributed by atoms with Crippen LogP contribution in [0.15, 0.2) is 59.5 Å². The molecule has 180 valence electrons. The number of aromatic nitrogens is 1. The fourth-order valence-corrected chi connectivity index (χ4v) is 5.60. The van der Waals surface area contributed by atoms with Crippen molar-refractivity contribution < 1.29 is 27.1 Å². The first kappa shape index (κ1) is 25.3. The summed E-state index contributed by atoms with van der Waals surface area (Å²) in [6.45, 7) is 4.69. The summed E-state index contributed by atoms with van der Waals surface area (Å²) in [5, 5.41) is 0. The van der Waals surface area contributed by atoms with Crippen molar-refractivity contribution in [3.05, 3.63) is 88.5 Å². The molecule has 7 nitrogen and oxygen atoms in total. The summed E-state index contributed by atoms with van der Waals surface area (Å²) in [4.78, 5) is 26.0. The molecule has 9 heteroatoms. The largest absolute Gasteiger partial charge is 0.464 e. The molecule has 0 N–H and O–H groups in total. The molecular formula is C25H27FN2O5S. The highest BCUT2D eigenvalue weighted by Gasteiger charge is 2.36. The molecule has 3 rings (SSSR count). The standard InChI is InChI=1S/C25H27FN2O5S/c1-16-22(17(2)27(4)23(16)25(30)33-5)24(29)18(3)28(15-19-11-13-20(26)14-12-19)34(31,32)21-9-7-6-8-10-21/h6-14,18H,15H2,1-5H3. The van der Waals surface area contributed by atoms with Gasteiger partial charge >= 0.3 is 5.97 Å². The van der Waals surface area contributed by atoms with E-state index in [-0.39, 0.29) is 22.7 Å². The van der Waals surface area contributed by atoms with Crippen LogP contribution in [0, 0.1) is 19.7 Å². The molecule has 0 aliphatic carbocycles. The Labute approximate surface area is 198 Å². The fourth-order valence-electron chi connectivity index (χ4n) is 3.99. The summed E-state index contributed by atoms with van der Waals surface area (Å²) >= 11 is 0. The van der Waals surface area contributed by atoms with Crippen LogP contribution in [-0.2, 0) is 28.4 Å².